The second kappa shape index (κ2) is 9.47. The highest BCUT2D eigenvalue weighted by molar-refractivity contribution is 7.99. The van der Waals surface area contributed by atoms with Gasteiger partial charge >= 0.3 is 5.63 Å². The molecule has 1 N–H and O–H groups in total. The molecule has 0 amide bonds. The van der Waals surface area contributed by atoms with Gasteiger partial charge in [0.15, 0.2) is 5.75 Å². The second-order valence-electron chi connectivity index (χ2n) is 7.48. The van der Waals surface area contributed by atoms with Crippen LogP contribution in [0.5, 0.6) is 5.75 Å². The number of aromatic nitrogens is 1. The highest BCUT2D eigenvalue weighted by Crippen LogP contribution is 2.41. The minimum absolute atomic E-state index is 0.0341. The largest absolute Gasteiger partial charge is 0.505 e. The standard InChI is InChI=1S/C26H14Cl3NO4S/c27-16-11-18(29)21(12-17(16)28)35-24-23(31)22-20(34-26(24)33)13-19(14-7-3-1-4-8-14)30(25(22)32)15-9-5-2-6-10-15/h1-13,31H. The Kier molecular flexibility index (Phi) is 6.38. The van der Waals surface area contributed by atoms with Gasteiger partial charge in [-0.1, -0.05) is 95.1 Å². The first kappa shape index (κ1) is 23.6. The summed E-state index contributed by atoms with van der Waals surface area (Å²) in [5, 5.41) is 11.7. The molecule has 5 nitrogen and oxygen atoms in total. The van der Waals surface area contributed by atoms with Crippen molar-refractivity contribution in [3.63, 3.8) is 0 Å². The van der Waals surface area contributed by atoms with Crippen LogP contribution in [0, 0.1) is 0 Å². The van der Waals surface area contributed by atoms with Crippen LogP contribution >= 0.6 is 46.6 Å². The lowest BCUT2D eigenvalue weighted by Crippen LogP contribution is -2.21. The van der Waals surface area contributed by atoms with Gasteiger partial charge in [-0.3, -0.25) is 9.36 Å². The van der Waals surface area contributed by atoms with Crippen LogP contribution in [0.15, 0.2) is 103 Å². The van der Waals surface area contributed by atoms with Gasteiger partial charge in [-0.2, -0.15) is 0 Å². The lowest BCUT2D eigenvalue weighted by molar-refractivity contribution is 0.446. The molecule has 0 fully saturated rings. The first-order chi connectivity index (χ1) is 16.8. The highest BCUT2D eigenvalue weighted by atomic mass is 35.5. The molecular formula is C26H14Cl3NO4S. The minimum Gasteiger partial charge on any atom is -0.505 e. The Morgan fingerprint density at radius 3 is 2.11 bits per heavy atom. The number of fused-ring (bicyclic) bond motifs is 1. The highest BCUT2D eigenvalue weighted by Gasteiger charge is 2.23. The maximum atomic E-state index is 13.8. The van der Waals surface area contributed by atoms with E-state index in [0.717, 1.165) is 17.3 Å². The fourth-order valence-corrected chi connectivity index (χ4v) is 5.28. The molecule has 0 atom stereocenters. The van der Waals surface area contributed by atoms with Crippen LogP contribution in [0.4, 0.5) is 0 Å². The first-order valence-electron chi connectivity index (χ1n) is 10.2. The van der Waals surface area contributed by atoms with Crippen LogP contribution in [-0.4, -0.2) is 9.67 Å². The molecular weight excluding hydrogens is 529 g/mol. The molecule has 0 aliphatic heterocycles. The zero-order chi connectivity index (χ0) is 24.7. The van der Waals surface area contributed by atoms with Crippen molar-refractivity contribution in [3.8, 4) is 22.7 Å². The Hall–Kier alpha value is -3.16. The van der Waals surface area contributed by atoms with E-state index in [0.29, 0.717) is 16.3 Å². The maximum absolute atomic E-state index is 13.8. The summed E-state index contributed by atoms with van der Waals surface area (Å²) in [6.07, 6.45) is 0. The molecule has 35 heavy (non-hydrogen) atoms. The van der Waals surface area contributed by atoms with Crippen LogP contribution in [0.1, 0.15) is 0 Å². The summed E-state index contributed by atoms with van der Waals surface area (Å²) in [6, 6.07) is 22.7. The molecule has 0 saturated carbocycles. The molecule has 5 aromatic rings. The summed E-state index contributed by atoms with van der Waals surface area (Å²) in [4.78, 5) is 26.8. The lowest BCUT2D eigenvalue weighted by Gasteiger charge is -2.15. The third-order valence-electron chi connectivity index (χ3n) is 5.28. The van der Waals surface area contributed by atoms with Crippen molar-refractivity contribution in [3.05, 3.63) is 115 Å². The summed E-state index contributed by atoms with van der Waals surface area (Å²) in [5.41, 5.74) is 0.427. The molecule has 0 aliphatic rings. The SMILES string of the molecule is O=c1oc2cc(-c3ccccc3)n(-c3ccccc3)c(=O)c2c(O)c1Sc1cc(Cl)c(Cl)cc1Cl. The summed E-state index contributed by atoms with van der Waals surface area (Å²) >= 11 is 19.2. The summed E-state index contributed by atoms with van der Waals surface area (Å²) in [7, 11) is 0. The summed E-state index contributed by atoms with van der Waals surface area (Å²) < 4.78 is 6.99. The van der Waals surface area contributed by atoms with Gasteiger partial charge in [-0.05, 0) is 29.8 Å². The number of aromatic hydroxyl groups is 1. The van der Waals surface area contributed by atoms with Gasteiger partial charge in [0.2, 0.25) is 0 Å². The Morgan fingerprint density at radius 2 is 1.43 bits per heavy atom. The fraction of sp³-hybridized carbons (Fsp3) is 0. The van der Waals surface area contributed by atoms with Gasteiger partial charge < -0.3 is 9.52 Å². The number of pyridine rings is 1. The predicted octanol–water partition coefficient (Wildman–Crippen LogP) is 7.43. The molecule has 0 unspecified atom stereocenters. The molecule has 0 saturated heterocycles. The van der Waals surface area contributed by atoms with E-state index in [1.54, 1.807) is 30.3 Å². The van der Waals surface area contributed by atoms with Crippen molar-refractivity contribution in [1.82, 2.24) is 4.57 Å². The molecule has 2 aromatic heterocycles. The molecule has 3 aromatic carbocycles. The van der Waals surface area contributed by atoms with Gasteiger partial charge in [0, 0.05) is 16.6 Å². The zero-order valence-electron chi connectivity index (χ0n) is 17.7. The molecule has 2 heterocycles. The van der Waals surface area contributed by atoms with E-state index in [1.807, 2.05) is 36.4 Å². The van der Waals surface area contributed by atoms with E-state index in [2.05, 4.69) is 0 Å². The summed E-state index contributed by atoms with van der Waals surface area (Å²) in [6.45, 7) is 0. The van der Waals surface area contributed by atoms with E-state index in [-0.39, 0.29) is 30.9 Å². The van der Waals surface area contributed by atoms with Crippen molar-refractivity contribution >= 4 is 57.5 Å². The van der Waals surface area contributed by atoms with Gasteiger partial charge in [0.25, 0.3) is 5.56 Å². The Labute approximate surface area is 218 Å². The Bertz CT molecular complexity index is 1700. The second-order valence-corrected chi connectivity index (χ2v) is 9.75. The number of halogens is 3. The molecule has 0 radical (unpaired) electrons. The summed E-state index contributed by atoms with van der Waals surface area (Å²) in [5.74, 6) is -0.502. The Morgan fingerprint density at radius 1 is 0.800 bits per heavy atom. The number of hydrogen-bond acceptors (Lipinski definition) is 5. The Balaban J connectivity index is 1.80. The first-order valence-corrected chi connectivity index (χ1v) is 12.2. The molecule has 0 spiro atoms. The van der Waals surface area contributed by atoms with Crippen molar-refractivity contribution in [1.29, 1.82) is 0 Å². The molecule has 9 heteroatoms. The van der Waals surface area contributed by atoms with Gasteiger partial charge in [-0.15, -0.1) is 0 Å². The number of para-hydroxylation sites is 1. The fourth-order valence-electron chi connectivity index (χ4n) is 3.68. The molecule has 174 valence electrons. The average molecular weight is 543 g/mol. The third kappa shape index (κ3) is 4.34. The predicted molar refractivity (Wildman–Crippen MR) is 141 cm³/mol. The maximum Gasteiger partial charge on any atom is 0.354 e. The van der Waals surface area contributed by atoms with Crippen molar-refractivity contribution in [2.45, 2.75) is 9.79 Å². The van der Waals surface area contributed by atoms with Crippen LogP contribution in [0.25, 0.3) is 27.9 Å². The minimum atomic E-state index is -0.821. The molecule has 0 bridgehead atoms. The van der Waals surface area contributed by atoms with Gasteiger partial charge in [0.1, 0.15) is 15.9 Å². The number of benzene rings is 3. The normalized spacial score (nSPS) is 11.2. The van der Waals surface area contributed by atoms with Gasteiger partial charge in [-0.25, -0.2) is 4.79 Å². The quantitative estimate of drug-likeness (QED) is 0.239. The lowest BCUT2D eigenvalue weighted by atomic mass is 10.1. The van der Waals surface area contributed by atoms with E-state index < -0.39 is 16.9 Å². The monoisotopic (exact) mass is 541 g/mol. The third-order valence-corrected chi connectivity index (χ3v) is 7.55. The van der Waals surface area contributed by atoms with Crippen LogP contribution < -0.4 is 11.2 Å². The van der Waals surface area contributed by atoms with Crippen LogP contribution in [0.2, 0.25) is 15.1 Å². The topological polar surface area (TPSA) is 72.4 Å². The number of rotatable bonds is 4. The average Bonchev–Trinajstić information content (AvgIpc) is 2.85. The van der Waals surface area contributed by atoms with Crippen molar-refractivity contribution in [2.75, 3.05) is 0 Å². The van der Waals surface area contributed by atoms with E-state index in [4.69, 9.17) is 39.2 Å². The molecule has 0 aliphatic carbocycles. The number of hydrogen-bond donors (Lipinski definition) is 1. The van der Waals surface area contributed by atoms with E-state index in [1.165, 1.54) is 16.7 Å². The smallest absolute Gasteiger partial charge is 0.354 e. The van der Waals surface area contributed by atoms with Crippen LogP contribution in [-0.2, 0) is 0 Å². The number of nitrogens with zero attached hydrogens (tertiary/aromatic N) is 1. The van der Waals surface area contributed by atoms with Crippen molar-refractivity contribution in [2.24, 2.45) is 0 Å². The zero-order valence-corrected chi connectivity index (χ0v) is 20.8. The molecule has 5 rings (SSSR count). The van der Waals surface area contributed by atoms with E-state index >= 15 is 0 Å². The van der Waals surface area contributed by atoms with Gasteiger partial charge in [0.05, 0.1) is 20.8 Å². The van der Waals surface area contributed by atoms with E-state index in [9.17, 15) is 14.7 Å². The van der Waals surface area contributed by atoms with Crippen molar-refractivity contribution < 1.29 is 9.52 Å². The van der Waals surface area contributed by atoms with Crippen LogP contribution in [0.3, 0.4) is 0 Å².